The lowest BCUT2D eigenvalue weighted by molar-refractivity contribution is 0.100. The van der Waals surface area contributed by atoms with E-state index in [4.69, 9.17) is 17.3 Å². The lowest BCUT2D eigenvalue weighted by Gasteiger charge is -2.13. The van der Waals surface area contributed by atoms with Gasteiger partial charge in [0, 0.05) is 17.4 Å². The second-order valence-corrected chi connectivity index (χ2v) is 4.82. The van der Waals surface area contributed by atoms with Gasteiger partial charge in [-0.15, -0.1) is 0 Å². The molecule has 1 atom stereocenters. The second-order valence-electron chi connectivity index (χ2n) is 4.41. The zero-order valence-corrected chi connectivity index (χ0v) is 11.9. The number of halogens is 1. The van der Waals surface area contributed by atoms with Crippen LogP contribution in [0.25, 0.3) is 0 Å². The summed E-state index contributed by atoms with van der Waals surface area (Å²) in [6.45, 7) is 1.83. The van der Waals surface area contributed by atoms with E-state index < -0.39 is 11.9 Å². The van der Waals surface area contributed by atoms with Gasteiger partial charge >= 0.3 is 6.03 Å². The number of rotatable bonds is 4. The Morgan fingerprint density at radius 2 is 2.19 bits per heavy atom. The molecule has 21 heavy (non-hydrogen) atoms. The lowest BCUT2D eigenvalue weighted by atomic mass is 10.2. The van der Waals surface area contributed by atoms with Crippen molar-refractivity contribution in [1.29, 1.82) is 0 Å². The Balaban J connectivity index is 2.00. The second kappa shape index (κ2) is 6.27. The van der Waals surface area contributed by atoms with Gasteiger partial charge in [-0.2, -0.15) is 5.10 Å². The molecular weight excluding hydrogens is 294 g/mol. The van der Waals surface area contributed by atoms with E-state index >= 15 is 0 Å². The van der Waals surface area contributed by atoms with E-state index in [-0.39, 0.29) is 16.6 Å². The number of nitrogens with zero attached hydrogens (tertiary/aromatic N) is 1. The van der Waals surface area contributed by atoms with Crippen molar-refractivity contribution in [2.24, 2.45) is 5.73 Å². The maximum atomic E-state index is 11.9. The Hall–Kier alpha value is -2.54. The molecule has 1 unspecified atom stereocenters. The molecule has 2 aromatic rings. The van der Waals surface area contributed by atoms with E-state index in [0.29, 0.717) is 5.69 Å². The fourth-order valence-electron chi connectivity index (χ4n) is 1.74. The van der Waals surface area contributed by atoms with Gasteiger partial charge in [0.2, 0.25) is 5.91 Å². The summed E-state index contributed by atoms with van der Waals surface area (Å²) in [5, 5.41) is 12.0. The predicted octanol–water partition coefficient (Wildman–Crippen LogP) is 2.04. The van der Waals surface area contributed by atoms with Crippen LogP contribution in [0.5, 0.6) is 0 Å². The van der Waals surface area contributed by atoms with E-state index in [0.717, 1.165) is 5.56 Å². The van der Waals surface area contributed by atoms with Crippen molar-refractivity contribution in [3.8, 4) is 0 Å². The lowest BCUT2D eigenvalue weighted by Crippen LogP contribution is -2.31. The summed E-state index contributed by atoms with van der Waals surface area (Å²) in [7, 11) is 0. The highest BCUT2D eigenvalue weighted by Crippen LogP contribution is 2.20. The van der Waals surface area contributed by atoms with E-state index in [2.05, 4.69) is 20.8 Å². The Morgan fingerprint density at radius 1 is 1.43 bits per heavy atom. The normalized spacial score (nSPS) is 11.7. The molecule has 0 saturated heterocycles. The number of urea groups is 1. The molecule has 7 nitrogen and oxygen atoms in total. The summed E-state index contributed by atoms with van der Waals surface area (Å²) in [6, 6.07) is 3.87. The summed E-state index contributed by atoms with van der Waals surface area (Å²) in [5.41, 5.74) is 6.67. The molecule has 0 fully saturated rings. The summed E-state index contributed by atoms with van der Waals surface area (Å²) in [4.78, 5) is 22.9. The van der Waals surface area contributed by atoms with Gasteiger partial charge in [-0.3, -0.25) is 9.89 Å². The number of aromatic nitrogens is 2. The number of carbonyl (C=O) groups is 2. The quantitative estimate of drug-likeness (QED) is 0.693. The van der Waals surface area contributed by atoms with Gasteiger partial charge in [0.05, 0.1) is 22.8 Å². The molecule has 1 heterocycles. The first-order valence-corrected chi connectivity index (χ1v) is 6.50. The monoisotopic (exact) mass is 307 g/mol. The largest absolute Gasteiger partial charge is 0.366 e. The maximum absolute atomic E-state index is 11.9. The Kier molecular flexibility index (Phi) is 4.44. The van der Waals surface area contributed by atoms with Crippen LogP contribution in [0.15, 0.2) is 30.6 Å². The molecule has 8 heteroatoms. The molecule has 0 radical (unpaired) electrons. The van der Waals surface area contributed by atoms with Gasteiger partial charge in [-0.1, -0.05) is 11.6 Å². The van der Waals surface area contributed by atoms with Gasteiger partial charge < -0.3 is 16.4 Å². The highest BCUT2D eigenvalue weighted by molar-refractivity contribution is 6.34. The molecule has 0 saturated carbocycles. The van der Waals surface area contributed by atoms with Gasteiger partial charge in [0.15, 0.2) is 0 Å². The number of carbonyl (C=O) groups excluding carboxylic acids is 2. The van der Waals surface area contributed by atoms with Crippen LogP contribution in [0.2, 0.25) is 5.02 Å². The first-order valence-electron chi connectivity index (χ1n) is 6.13. The molecule has 0 bridgehead atoms. The summed E-state index contributed by atoms with van der Waals surface area (Å²) < 4.78 is 0. The third-order valence-electron chi connectivity index (χ3n) is 2.86. The first-order chi connectivity index (χ1) is 9.97. The number of nitrogens with two attached hydrogens (primary N) is 1. The number of hydrogen-bond acceptors (Lipinski definition) is 3. The average Bonchev–Trinajstić information content (AvgIpc) is 2.91. The van der Waals surface area contributed by atoms with Crippen molar-refractivity contribution in [2.45, 2.75) is 13.0 Å². The minimum atomic E-state index is -0.621. The van der Waals surface area contributed by atoms with E-state index in [1.807, 2.05) is 6.92 Å². The van der Waals surface area contributed by atoms with Crippen LogP contribution < -0.4 is 16.4 Å². The standard InChI is InChI=1S/C13H14ClN5O2/c1-7(8-5-16-17-6-8)18-13(21)19-9-2-3-10(12(15)20)11(14)4-9/h2-7H,1H3,(H2,15,20)(H,16,17)(H2,18,19,21). The minimum absolute atomic E-state index is 0.184. The third-order valence-corrected chi connectivity index (χ3v) is 3.17. The Morgan fingerprint density at radius 3 is 2.76 bits per heavy atom. The fourth-order valence-corrected chi connectivity index (χ4v) is 2.01. The molecule has 0 spiro atoms. The Labute approximate surface area is 125 Å². The van der Waals surface area contributed by atoms with E-state index in [1.165, 1.54) is 12.1 Å². The fraction of sp³-hybridized carbons (Fsp3) is 0.154. The maximum Gasteiger partial charge on any atom is 0.319 e. The highest BCUT2D eigenvalue weighted by Gasteiger charge is 2.12. The number of amides is 3. The van der Waals surface area contributed by atoms with Gasteiger partial charge in [0.25, 0.3) is 0 Å². The molecule has 0 aliphatic rings. The summed E-state index contributed by atoms with van der Waals surface area (Å²) in [6.07, 6.45) is 3.33. The van der Waals surface area contributed by atoms with Crippen molar-refractivity contribution in [1.82, 2.24) is 15.5 Å². The predicted molar refractivity (Wildman–Crippen MR) is 79.1 cm³/mol. The van der Waals surface area contributed by atoms with Crippen LogP contribution in [-0.2, 0) is 0 Å². The highest BCUT2D eigenvalue weighted by atomic mass is 35.5. The molecule has 5 N–H and O–H groups in total. The van der Waals surface area contributed by atoms with Crippen molar-refractivity contribution < 1.29 is 9.59 Å². The van der Waals surface area contributed by atoms with E-state index in [1.54, 1.807) is 18.5 Å². The zero-order valence-electron chi connectivity index (χ0n) is 11.2. The van der Waals surface area contributed by atoms with Gasteiger partial charge in [-0.05, 0) is 25.1 Å². The molecule has 110 valence electrons. The molecule has 2 rings (SSSR count). The number of aromatic amines is 1. The average molecular weight is 308 g/mol. The van der Waals surface area contributed by atoms with Crippen LogP contribution in [0.1, 0.15) is 28.9 Å². The van der Waals surface area contributed by atoms with Crippen molar-refractivity contribution in [2.75, 3.05) is 5.32 Å². The Bertz CT molecular complexity index is 657. The number of hydrogen-bond donors (Lipinski definition) is 4. The minimum Gasteiger partial charge on any atom is -0.366 e. The molecule has 0 aliphatic carbocycles. The first kappa shape index (κ1) is 14.9. The third kappa shape index (κ3) is 3.73. The molecule has 1 aromatic carbocycles. The smallest absolute Gasteiger partial charge is 0.319 e. The number of benzene rings is 1. The molecule has 0 aliphatic heterocycles. The van der Waals surface area contributed by atoms with Crippen LogP contribution in [0.3, 0.4) is 0 Å². The number of anilines is 1. The molecular formula is C13H14ClN5O2. The van der Waals surface area contributed by atoms with Crippen LogP contribution in [0, 0.1) is 0 Å². The van der Waals surface area contributed by atoms with Crippen molar-refractivity contribution >= 4 is 29.2 Å². The SMILES string of the molecule is CC(NC(=O)Nc1ccc(C(N)=O)c(Cl)c1)c1cn[nH]c1. The van der Waals surface area contributed by atoms with Gasteiger partial charge in [0.1, 0.15) is 0 Å². The van der Waals surface area contributed by atoms with Crippen LogP contribution in [0.4, 0.5) is 10.5 Å². The van der Waals surface area contributed by atoms with Crippen molar-refractivity contribution in [3.05, 3.63) is 46.7 Å². The number of primary amides is 1. The zero-order chi connectivity index (χ0) is 15.4. The summed E-state index contributed by atoms with van der Waals surface area (Å²) >= 11 is 5.91. The van der Waals surface area contributed by atoms with E-state index in [9.17, 15) is 9.59 Å². The number of nitrogens with one attached hydrogen (secondary N) is 3. The molecule has 3 amide bonds. The molecule has 1 aromatic heterocycles. The number of H-pyrrole nitrogens is 1. The van der Waals surface area contributed by atoms with Crippen LogP contribution >= 0.6 is 11.6 Å². The van der Waals surface area contributed by atoms with Crippen LogP contribution in [-0.4, -0.2) is 22.1 Å². The summed E-state index contributed by atoms with van der Waals surface area (Å²) in [5.74, 6) is -0.621. The van der Waals surface area contributed by atoms with Gasteiger partial charge in [-0.25, -0.2) is 4.79 Å². The topological polar surface area (TPSA) is 113 Å². The van der Waals surface area contributed by atoms with Crippen molar-refractivity contribution in [3.63, 3.8) is 0 Å².